The Kier molecular flexibility index (Phi) is 4.70. The van der Waals surface area contributed by atoms with Crippen molar-refractivity contribution in [1.82, 2.24) is 5.32 Å². The maximum atomic E-state index is 13.3. The van der Waals surface area contributed by atoms with Crippen LogP contribution in [-0.4, -0.2) is 25.7 Å². The zero-order chi connectivity index (χ0) is 12.8. The van der Waals surface area contributed by atoms with Crippen LogP contribution in [0.4, 0.5) is 4.39 Å². The average Bonchev–Trinajstić information content (AvgIpc) is 2.90. The van der Waals surface area contributed by atoms with E-state index in [1.165, 1.54) is 6.07 Å². The molecule has 2 rings (SSSR count). The van der Waals surface area contributed by atoms with Gasteiger partial charge in [0.05, 0.1) is 12.5 Å². The third-order valence-corrected chi connectivity index (χ3v) is 3.18. The number of hydrogen-bond donors (Lipinski definition) is 1. The van der Waals surface area contributed by atoms with Crippen LogP contribution in [0, 0.1) is 11.7 Å². The van der Waals surface area contributed by atoms with E-state index in [1.54, 1.807) is 12.1 Å². The number of rotatable bonds is 5. The monoisotopic (exact) mass is 251 g/mol. The van der Waals surface area contributed by atoms with Crippen LogP contribution in [0.15, 0.2) is 24.3 Å². The van der Waals surface area contributed by atoms with Crippen LogP contribution in [0.3, 0.4) is 0 Å². The van der Waals surface area contributed by atoms with Crippen LogP contribution in [0.1, 0.15) is 18.4 Å². The van der Waals surface area contributed by atoms with Gasteiger partial charge < -0.3 is 10.1 Å². The fourth-order valence-corrected chi connectivity index (χ4v) is 2.08. The van der Waals surface area contributed by atoms with Crippen molar-refractivity contribution in [3.63, 3.8) is 0 Å². The van der Waals surface area contributed by atoms with Gasteiger partial charge in [-0.05, 0) is 30.9 Å². The lowest BCUT2D eigenvalue weighted by molar-refractivity contribution is -0.124. The average molecular weight is 251 g/mol. The van der Waals surface area contributed by atoms with Gasteiger partial charge in [-0.25, -0.2) is 4.39 Å². The van der Waals surface area contributed by atoms with Crippen LogP contribution < -0.4 is 5.32 Å². The summed E-state index contributed by atoms with van der Waals surface area (Å²) in [7, 11) is 0. The van der Waals surface area contributed by atoms with Gasteiger partial charge in [0, 0.05) is 13.2 Å². The SMILES string of the molecule is O=C(NCCCc1ccccc1F)[C@H]1CCOC1. The normalized spacial score (nSPS) is 18.8. The molecule has 3 nitrogen and oxygen atoms in total. The quantitative estimate of drug-likeness (QED) is 0.812. The van der Waals surface area contributed by atoms with Crippen LogP contribution in [0.2, 0.25) is 0 Å². The summed E-state index contributed by atoms with van der Waals surface area (Å²) in [6, 6.07) is 6.75. The van der Waals surface area contributed by atoms with E-state index in [1.807, 2.05) is 6.07 Å². The molecule has 0 spiro atoms. The Labute approximate surface area is 106 Å². The fourth-order valence-electron chi connectivity index (χ4n) is 2.08. The van der Waals surface area contributed by atoms with E-state index < -0.39 is 0 Å². The molecule has 1 heterocycles. The standard InChI is InChI=1S/C14H18FNO2/c15-13-6-2-1-4-11(13)5-3-8-16-14(17)12-7-9-18-10-12/h1-2,4,6,12H,3,5,7-10H2,(H,16,17)/t12-/m0/s1. The number of halogens is 1. The van der Waals surface area contributed by atoms with Gasteiger partial charge in [-0.1, -0.05) is 18.2 Å². The summed E-state index contributed by atoms with van der Waals surface area (Å²) in [6.45, 7) is 1.79. The summed E-state index contributed by atoms with van der Waals surface area (Å²) >= 11 is 0. The summed E-state index contributed by atoms with van der Waals surface area (Å²) in [5, 5.41) is 2.87. The van der Waals surface area contributed by atoms with Crippen molar-refractivity contribution < 1.29 is 13.9 Å². The predicted octanol–water partition coefficient (Wildman–Crippen LogP) is 1.91. The van der Waals surface area contributed by atoms with Gasteiger partial charge in [0.1, 0.15) is 5.82 Å². The van der Waals surface area contributed by atoms with E-state index >= 15 is 0 Å². The Morgan fingerprint density at radius 3 is 3.00 bits per heavy atom. The maximum absolute atomic E-state index is 13.3. The zero-order valence-electron chi connectivity index (χ0n) is 10.3. The Morgan fingerprint density at radius 1 is 1.44 bits per heavy atom. The molecule has 4 heteroatoms. The molecule has 98 valence electrons. The first-order valence-corrected chi connectivity index (χ1v) is 6.36. The lowest BCUT2D eigenvalue weighted by Crippen LogP contribution is -2.31. The first kappa shape index (κ1) is 13.0. The van der Waals surface area contributed by atoms with E-state index in [2.05, 4.69) is 5.32 Å². The minimum atomic E-state index is -0.173. The molecule has 0 saturated carbocycles. The van der Waals surface area contributed by atoms with Crippen LogP contribution in [0.5, 0.6) is 0 Å². The van der Waals surface area contributed by atoms with Crippen molar-refractivity contribution in [2.45, 2.75) is 19.3 Å². The van der Waals surface area contributed by atoms with E-state index in [-0.39, 0.29) is 17.6 Å². The molecule has 0 aliphatic carbocycles. The molecule has 1 aromatic rings. The summed E-state index contributed by atoms with van der Waals surface area (Å²) in [5.74, 6) is -0.118. The van der Waals surface area contributed by atoms with Crippen molar-refractivity contribution in [2.24, 2.45) is 5.92 Å². The van der Waals surface area contributed by atoms with Crippen molar-refractivity contribution in [3.8, 4) is 0 Å². The predicted molar refractivity (Wildman–Crippen MR) is 66.7 cm³/mol. The second-order valence-electron chi connectivity index (χ2n) is 4.55. The molecule has 0 bridgehead atoms. The van der Waals surface area contributed by atoms with Crippen LogP contribution in [-0.2, 0) is 16.0 Å². The Balaban J connectivity index is 1.67. The topological polar surface area (TPSA) is 38.3 Å². The maximum Gasteiger partial charge on any atom is 0.225 e. The molecule has 1 aliphatic heterocycles. The third kappa shape index (κ3) is 3.53. The summed E-state index contributed by atoms with van der Waals surface area (Å²) < 4.78 is 18.5. The molecule has 1 fully saturated rings. The molecule has 1 amide bonds. The molecule has 1 aromatic carbocycles. The Hall–Kier alpha value is -1.42. The molecular weight excluding hydrogens is 233 g/mol. The summed E-state index contributed by atoms with van der Waals surface area (Å²) in [5.41, 5.74) is 0.705. The number of carbonyl (C=O) groups is 1. The Bertz CT molecular complexity index is 403. The molecule has 0 aromatic heterocycles. The summed E-state index contributed by atoms with van der Waals surface area (Å²) in [4.78, 5) is 11.7. The van der Waals surface area contributed by atoms with Gasteiger partial charge in [-0.15, -0.1) is 0 Å². The minimum Gasteiger partial charge on any atom is -0.381 e. The minimum absolute atomic E-state index is 0.00142. The molecule has 1 saturated heterocycles. The van der Waals surface area contributed by atoms with Gasteiger partial charge in [0.25, 0.3) is 0 Å². The highest BCUT2D eigenvalue weighted by Gasteiger charge is 2.22. The van der Waals surface area contributed by atoms with Gasteiger partial charge in [-0.3, -0.25) is 4.79 Å². The number of hydrogen-bond acceptors (Lipinski definition) is 2. The molecule has 1 atom stereocenters. The van der Waals surface area contributed by atoms with E-state index in [0.717, 1.165) is 12.8 Å². The van der Waals surface area contributed by atoms with E-state index in [0.29, 0.717) is 31.7 Å². The number of nitrogens with one attached hydrogen (secondary N) is 1. The fraction of sp³-hybridized carbons (Fsp3) is 0.500. The van der Waals surface area contributed by atoms with Crippen molar-refractivity contribution in [3.05, 3.63) is 35.6 Å². The number of benzene rings is 1. The lowest BCUT2D eigenvalue weighted by Gasteiger charge is -2.09. The number of amides is 1. The van der Waals surface area contributed by atoms with E-state index in [4.69, 9.17) is 4.74 Å². The first-order valence-electron chi connectivity index (χ1n) is 6.36. The second-order valence-corrected chi connectivity index (χ2v) is 4.55. The second kappa shape index (κ2) is 6.50. The first-order chi connectivity index (χ1) is 8.77. The molecule has 18 heavy (non-hydrogen) atoms. The molecule has 0 radical (unpaired) electrons. The molecule has 1 N–H and O–H groups in total. The zero-order valence-corrected chi connectivity index (χ0v) is 10.3. The highest BCUT2D eigenvalue weighted by Crippen LogP contribution is 2.12. The smallest absolute Gasteiger partial charge is 0.225 e. The molecular formula is C14H18FNO2. The van der Waals surface area contributed by atoms with Crippen molar-refractivity contribution in [2.75, 3.05) is 19.8 Å². The van der Waals surface area contributed by atoms with Crippen molar-refractivity contribution in [1.29, 1.82) is 0 Å². The van der Waals surface area contributed by atoms with Gasteiger partial charge in [0.15, 0.2) is 0 Å². The number of carbonyl (C=O) groups excluding carboxylic acids is 1. The lowest BCUT2D eigenvalue weighted by atomic mass is 10.1. The largest absolute Gasteiger partial charge is 0.381 e. The van der Waals surface area contributed by atoms with Crippen LogP contribution in [0.25, 0.3) is 0 Å². The Morgan fingerprint density at radius 2 is 2.28 bits per heavy atom. The highest BCUT2D eigenvalue weighted by atomic mass is 19.1. The van der Waals surface area contributed by atoms with Gasteiger partial charge >= 0.3 is 0 Å². The molecule has 0 unspecified atom stereocenters. The van der Waals surface area contributed by atoms with E-state index in [9.17, 15) is 9.18 Å². The van der Waals surface area contributed by atoms with Gasteiger partial charge in [-0.2, -0.15) is 0 Å². The van der Waals surface area contributed by atoms with Gasteiger partial charge in [0.2, 0.25) is 5.91 Å². The van der Waals surface area contributed by atoms with Crippen LogP contribution >= 0.6 is 0 Å². The van der Waals surface area contributed by atoms with Crippen molar-refractivity contribution >= 4 is 5.91 Å². The number of aryl methyl sites for hydroxylation is 1. The molecule has 1 aliphatic rings. The third-order valence-electron chi connectivity index (χ3n) is 3.18. The number of ether oxygens (including phenoxy) is 1. The highest BCUT2D eigenvalue weighted by molar-refractivity contribution is 5.78. The summed E-state index contributed by atoms with van der Waals surface area (Å²) in [6.07, 6.45) is 2.20.